The van der Waals surface area contributed by atoms with Crippen LogP contribution < -0.4 is 5.73 Å². The number of benzene rings is 1. The summed E-state index contributed by atoms with van der Waals surface area (Å²) in [6.45, 7) is -0.403. The van der Waals surface area contributed by atoms with Crippen LogP contribution in [0.15, 0.2) is 12.1 Å². The molecule has 70 valence electrons. The minimum absolute atomic E-state index is 0.403. The molecule has 6 heteroatoms. The van der Waals surface area contributed by atoms with E-state index < -0.39 is 34.4 Å². The van der Waals surface area contributed by atoms with Gasteiger partial charge in [-0.3, -0.25) is 10.1 Å². The third-order valence-electron chi connectivity index (χ3n) is 1.57. The largest absolute Gasteiger partial charge is 0.326 e. The van der Waals surface area contributed by atoms with Gasteiger partial charge in [0, 0.05) is 18.2 Å². The summed E-state index contributed by atoms with van der Waals surface area (Å²) in [6, 6.07) is 1.59. The van der Waals surface area contributed by atoms with E-state index in [0.717, 1.165) is 12.1 Å². The Bertz CT molecular complexity index is 355. The fourth-order valence-corrected chi connectivity index (χ4v) is 0.913. The third kappa shape index (κ3) is 1.62. The second kappa shape index (κ2) is 3.44. The molecule has 0 unspecified atom stereocenters. The maximum Gasteiger partial charge on any atom is 0.305 e. The highest BCUT2D eigenvalue weighted by atomic mass is 19.1. The van der Waals surface area contributed by atoms with Gasteiger partial charge in [0.2, 0.25) is 5.82 Å². The number of nitrogens with zero attached hydrogens (tertiary/aromatic N) is 1. The molecule has 1 aromatic carbocycles. The van der Waals surface area contributed by atoms with Crippen molar-refractivity contribution in [3.05, 3.63) is 39.4 Å². The number of nitro benzene ring substituents is 1. The van der Waals surface area contributed by atoms with Crippen molar-refractivity contribution in [2.45, 2.75) is 6.54 Å². The van der Waals surface area contributed by atoms with Crippen molar-refractivity contribution in [3.63, 3.8) is 0 Å². The predicted octanol–water partition coefficient (Wildman–Crippen LogP) is 1.33. The van der Waals surface area contributed by atoms with Crippen LogP contribution in [-0.4, -0.2) is 4.92 Å². The van der Waals surface area contributed by atoms with E-state index in [9.17, 15) is 18.9 Å². The van der Waals surface area contributed by atoms with Crippen molar-refractivity contribution in [1.29, 1.82) is 0 Å². The maximum atomic E-state index is 13.0. The summed E-state index contributed by atoms with van der Waals surface area (Å²) in [5.74, 6) is -2.07. The van der Waals surface area contributed by atoms with E-state index in [4.69, 9.17) is 5.73 Å². The van der Waals surface area contributed by atoms with Gasteiger partial charge >= 0.3 is 5.69 Å². The van der Waals surface area contributed by atoms with Crippen LogP contribution in [0.5, 0.6) is 0 Å². The van der Waals surface area contributed by atoms with Gasteiger partial charge in [-0.1, -0.05) is 0 Å². The molecule has 0 atom stereocenters. The van der Waals surface area contributed by atoms with E-state index in [0.29, 0.717) is 0 Å². The van der Waals surface area contributed by atoms with Crippen molar-refractivity contribution in [2.24, 2.45) is 5.73 Å². The molecule has 0 saturated carbocycles. The SMILES string of the molecule is NCc1c(F)ccc([N+](=O)[O-])c1F. The minimum atomic E-state index is -1.20. The number of nitro groups is 1. The lowest BCUT2D eigenvalue weighted by Gasteiger charge is -2.01. The highest BCUT2D eigenvalue weighted by Crippen LogP contribution is 2.22. The molecular formula is C7H6F2N2O2. The number of nitrogens with two attached hydrogens (primary N) is 1. The van der Waals surface area contributed by atoms with Crippen LogP contribution in [0.1, 0.15) is 5.56 Å². The van der Waals surface area contributed by atoms with Gasteiger partial charge in [0.15, 0.2) is 0 Å². The summed E-state index contributed by atoms with van der Waals surface area (Å²) < 4.78 is 25.8. The average molecular weight is 188 g/mol. The molecule has 0 aliphatic heterocycles. The van der Waals surface area contributed by atoms with Crippen LogP contribution in [0.2, 0.25) is 0 Å². The monoisotopic (exact) mass is 188 g/mol. The second-order valence-corrected chi connectivity index (χ2v) is 2.32. The topological polar surface area (TPSA) is 69.2 Å². The molecule has 0 heterocycles. The quantitative estimate of drug-likeness (QED) is 0.562. The van der Waals surface area contributed by atoms with Gasteiger partial charge in [0.1, 0.15) is 5.82 Å². The molecule has 13 heavy (non-hydrogen) atoms. The first-order valence-corrected chi connectivity index (χ1v) is 3.39. The smallest absolute Gasteiger partial charge is 0.305 e. The van der Waals surface area contributed by atoms with Crippen molar-refractivity contribution >= 4 is 5.69 Å². The summed E-state index contributed by atoms with van der Waals surface area (Å²) >= 11 is 0. The van der Waals surface area contributed by atoms with E-state index >= 15 is 0 Å². The van der Waals surface area contributed by atoms with E-state index in [1.54, 1.807) is 0 Å². The van der Waals surface area contributed by atoms with Crippen LogP contribution in [0.4, 0.5) is 14.5 Å². The van der Waals surface area contributed by atoms with Gasteiger partial charge < -0.3 is 5.73 Å². The number of hydrogen-bond acceptors (Lipinski definition) is 3. The van der Waals surface area contributed by atoms with Gasteiger partial charge in [-0.25, -0.2) is 4.39 Å². The average Bonchev–Trinajstić information content (AvgIpc) is 2.04. The fraction of sp³-hybridized carbons (Fsp3) is 0.143. The third-order valence-corrected chi connectivity index (χ3v) is 1.57. The molecule has 0 aliphatic rings. The Morgan fingerprint density at radius 2 is 2.08 bits per heavy atom. The van der Waals surface area contributed by atoms with Crippen LogP contribution >= 0.6 is 0 Å². The molecule has 0 aliphatic carbocycles. The summed E-state index contributed by atoms with van der Waals surface area (Å²) in [5.41, 5.74) is 3.79. The molecule has 2 N–H and O–H groups in total. The standard InChI is InChI=1S/C7H6F2N2O2/c8-5-1-2-6(11(12)13)7(9)4(5)3-10/h1-2H,3,10H2. The van der Waals surface area contributed by atoms with Crippen molar-refractivity contribution in [1.82, 2.24) is 0 Å². The Balaban J connectivity index is 3.35. The Morgan fingerprint density at radius 1 is 1.46 bits per heavy atom. The fourth-order valence-electron chi connectivity index (χ4n) is 0.913. The zero-order valence-electron chi connectivity index (χ0n) is 6.46. The summed E-state index contributed by atoms with van der Waals surface area (Å²) in [6.07, 6.45) is 0. The minimum Gasteiger partial charge on any atom is -0.326 e. The molecule has 0 aromatic heterocycles. The Labute approximate surface area is 72.1 Å². The number of halogens is 2. The van der Waals surface area contributed by atoms with Crippen molar-refractivity contribution in [3.8, 4) is 0 Å². The summed E-state index contributed by atoms with van der Waals surface area (Å²) in [7, 11) is 0. The van der Waals surface area contributed by atoms with E-state index in [1.807, 2.05) is 0 Å². The molecule has 0 radical (unpaired) electrons. The van der Waals surface area contributed by atoms with E-state index in [-0.39, 0.29) is 0 Å². The molecule has 0 amide bonds. The molecular weight excluding hydrogens is 182 g/mol. The molecule has 4 nitrogen and oxygen atoms in total. The predicted molar refractivity (Wildman–Crippen MR) is 40.9 cm³/mol. The Kier molecular flexibility index (Phi) is 2.52. The van der Waals surface area contributed by atoms with Gasteiger partial charge in [0.25, 0.3) is 0 Å². The molecule has 1 rings (SSSR count). The van der Waals surface area contributed by atoms with Gasteiger partial charge in [-0.2, -0.15) is 4.39 Å². The zero-order valence-corrected chi connectivity index (χ0v) is 6.46. The zero-order chi connectivity index (χ0) is 10.0. The first kappa shape index (κ1) is 9.53. The lowest BCUT2D eigenvalue weighted by molar-refractivity contribution is -0.387. The molecule has 1 aromatic rings. The van der Waals surface area contributed by atoms with Crippen LogP contribution in [0.25, 0.3) is 0 Å². The number of rotatable bonds is 2. The van der Waals surface area contributed by atoms with Crippen LogP contribution in [0.3, 0.4) is 0 Å². The van der Waals surface area contributed by atoms with E-state index in [1.165, 1.54) is 0 Å². The lowest BCUT2D eigenvalue weighted by atomic mass is 10.2. The molecule has 0 bridgehead atoms. The summed E-state index contributed by atoms with van der Waals surface area (Å²) in [5, 5.41) is 10.2. The molecule has 0 saturated heterocycles. The summed E-state index contributed by atoms with van der Waals surface area (Å²) in [4.78, 5) is 9.28. The first-order valence-electron chi connectivity index (χ1n) is 3.39. The highest BCUT2D eigenvalue weighted by Gasteiger charge is 2.19. The normalized spacial score (nSPS) is 10.1. The van der Waals surface area contributed by atoms with Crippen LogP contribution in [-0.2, 0) is 6.54 Å². The van der Waals surface area contributed by atoms with Gasteiger partial charge in [-0.05, 0) is 6.07 Å². The highest BCUT2D eigenvalue weighted by molar-refractivity contribution is 5.37. The first-order chi connectivity index (χ1) is 6.07. The maximum absolute atomic E-state index is 13.0. The Morgan fingerprint density at radius 3 is 2.54 bits per heavy atom. The number of hydrogen-bond donors (Lipinski definition) is 1. The second-order valence-electron chi connectivity index (χ2n) is 2.32. The van der Waals surface area contributed by atoms with Crippen LogP contribution in [0, 0.1) is 21.7 Å². The van der Waals surface area contributed by atoms with Crippen molar-refractivity contribution in [2.75, 3.05) is 0 Å². The Hall–Kier alpha value is -1.56. The van der Waals surface area contributed by atoms with Gasteiger partial charge in [-0.15, -0.1) is 0 Å². The lowest BCUT2D eigenvalue weighted by Crippen LogP contribution is -2.05. The van der Waals surface area contributed by atoms with E-state index in [2.05, 4.69) is 0 Å². The van der Waals surface area contributed by atoms with Crippen molar-refractivity contribution < 1.29 is 13.7 Å². The molecule has 0 spiro atoms. The van der Waals surface area contributed by atoms with Gasteiger partial charge in [0.05, 0.1) is 4.92 Å². The molecule has 0 fully saturated rings.